The van der Waals surface area contributed by atoms with Gasteiger partial charge in [-0.1, -0.05) is 135 Å². The Morgan fingerprint density at radius 3 is 2.34 bits per heavy atom. The van der Waals surface area contributed by atoms with Gasteiger partial charge in [-0.2, -0.15) is 0 Å². The van der Waals surface area contributed by atoms with Gasteiger partial charge in [-0.05, 0) is 186 Å². The number of allylic oxidation sites excluding steroid dienone is 12. The van der Waals surface area contributed by atoms with Crippen LogP contribution in [0.3, 0.4) is 0 Å². The number of nitrogens with zero attached hydrogens (tertiary/aromatic N) is 1. The van der Waals surface area contributed by atoms with E-state index in [9.17, 15) is 0 Å². The van der Waals surface area contributed by atoms with Gasteiger partial charge in [0.2, 0.25) is 0 Å². The van der Waals surface area contributed by atoms with E-state index in [4.69, 9.17) is 4.42 Å². The van der Waals surface area contributed by atoms with Crippen molar-refractivity contribution in [2.45, 2.75) is 166 Å². The molecule has 1 aromatic carbocycles. The molecule has 0 bridgehead atoms. The number of benzene rings is 1. The minimum Gasteiger partial charge on any atom is -0.456 e. The van der Waals surface area contributed by atoms with Crippen molar-refractivity contribution in [1.29, 1.82) is 0 Å². The van der Waals surface area contributed by atoms with Crippen LogP contribution < -0.4 is 4.90 Å². The minimum absolute atomic E-state index is 0.179. The van der Waals surface area contributed by atoms with E-state index in [1.165, 1.54) is 158 Å². The molecule has 0 aliphatic heterocycles. The molecule has 0 N–H and O–H groups in total. The molecule has 2 heteroatoms. The zero-order chi connectivity index (χ0) is 42.0. The molecule has 12 aliphatic rings. The molecule has 0 amide bonds. The van der Waals surface area contributed by atoms with Crippen LogP contribution in [0.15, 0.2) is 112 Å². The summed E-state index contributed by atoms with van der Waals surface area (Å²) in [6.07, 6.45) is 64.3. The van der Waals surface area contributed by atoms with E-state index in [-0.39, 0.29) is 5.41 Å². The van der Waals surface area contributed by atoms with Crippen LogP contribution in [0.1, 0.15) is 159 Å². The van der Waals surface area contributed by atoms with Crippen LogP contribution in [0.4, 0.5) is 5.69 Å². The lowest BCUT2D eigenvalue weighted by Gasteiger charge is -2.52. The molecule has 13 unspecified atom stereocenters. The molecule has 2 nitrogen and oxygen atoms in total. The van der Waals surface area contributed by atoms with E-state index in [0.717, 1.165) is 65.6 Å². The summed E-state index contributed by atoms with van der Waals surface area (Å²) in [5.74, 6) is 8.91. The van der Waals surface area contributed by atoms with Crippen molar-refractivity contribution in [2.24, 2.45) is 70.0 Å². The van der Waals surface area contributed by atoms with Gasteiger partial charge in [0.1, 0.15) is 11.3 Å². The highest BCUT2D eigenvalue weighted by molar-refractivity contribution is 5.97. The van der Waals surface area contributed by atoms with Crippen LogP contribution in [-0.4, -0.2) is 12.1 Å². The van der Waals surface area contributed by atoms with Crippen LogP contribution in [0, 0.1) is 70.0 Å². The van der Waals surface area contributed by atoms with Crippen molar-refractivity contribution >= 4 is 22.7 Å². The standard InChI is InChI=1S/C62H75NO/c1-3-19-40(20-4-1)61(41-21-5-2-6-22-41)52-31-15-10-26-47(52)59-53(61)32-17-33-55(59)63(56-34-18-36-58-60(56)48-27-11-16-35-57(48)64-58)42-37-38-46-45-25-9-14-30-51(45)62(54(46)39-42)49-28-12-7-23-43(49)44-24-8-13-29-50(44)62/h1,3,12,15-16,18-19,28,31-32,34-38,41-45,47,49-52,55,59H,2,4-11,13-14,17,20-27,29-30,33,39H2. The SMILES string of the molecule is C1=CCCC(C2(C3CCCCC3)C3=CCCC(N(c4cccc5oc6c(c45)CCC=C6)C4C=CC5=C(C4)C4(C6C=CCCC6C6CCCCC64)C4CCCCC54)C3C3CCC=CC32)=C1. The second kappa shape index (κ2) is 15.5. The summed E-state index contributed by atoms with van der Waals surface area (Å²) in [4.78, 5) is 3.19. The first-order valence-corrected chi connectivity index (χ1v) is 27.6. The second-order valence-electron chi connectivity index (χ2n) is 23.6. The maximum atomic E-state index is 6.87. The summed E-state index contributed by atoms with van der Waals surface area (Å²) < 4.78 is 6.87. The number of furan rings is 1. The fourth-order valence-corrected chi connectivity index (χ4v) is 19.9. The Morgan fingerprint density at radius 2 is 1.45 bits per heavy atom. The Kier molecular flexibility index (Phi) is 9.61. The molecule has 13 atom stereocenters. The van der Waals surface area contributed by atoms with Crippen LogP contribution in [0.5, 0.6) is 0 Å². The van der Waals surface area contributed by atoms with Gasteiger partial charge in [0.25, 0.3) is 0 Å². The lowest BCUT2D eigenvalue weighted by molar-refractivity contribution is 0.0445. The van der Waals surface area contributed by atoms with Crippen LogP contribution in [0.25, 0.3) is 17.0 Å². The van der Waals surface area contributed by atoms with E-state index >= 15 is 0 Å². The molecule has 5 saturated carbocycles. The van der Waals surface area contributed by atoms with Crippen molar-refractivity contribution in [1.82, 2.24) is 0 Å². The lowest BCUT2D eigenvalue weighted by Crippen LogP contribution is -2.51. The average Bonchev–Trinajstić information content (AvgIpc) is 4.08. The quantitative estimate of drug-likeness (QED) is 0.279. The van der Waals surface area contributed by atoms with E-state index in [2.05, 4.69) is 96.0 Å². The average molecular weight is 850 g/mol. The molecule has 12 aliphatic carbocycles. The molecule has 1 heterocycles. The van der Waals surface area contributed by atoms with E-state index < -0.39 is 0 Å². The highest BCUT2D eigenvalue weighted by Crippen LogP contribution is 2.75. The Balaban J connectivity index is 0.954. The van der Waals surface area contributed by atoms with Crippen molar-refractivity contribution in [3.05, 3.63) is 119 Å². The van der Waals surface area contributed by atoms with Gasteiger partial charge >= 0.3 is 0 Å². The molecule has 5 fully saturated rings. The summed E-state index contributed by atoms with van der Waals surface area (Å²) in [7, 11) is 0. The third kappa shape index (κ3) is 5.44. The Morgan fingerprint density at radius 1 is 0.641 bits per heavy atom. The highest BCUT2D eigenvalue weighted by atomic mass is 16.3. The number of rotatable bonds is 5. The van der Waals surface area contributed by atoms with Crippen molar-refractivity contribution in [3.8, 4) is 0 Å². The van der Waals surface area contributed by atoms with Crippen molar-refractivity contribution < 1.29 is 4.42 Å². The molecular formula is C62H75NO. The van der Waals surface area contributed by atoms with Gasteiger partial charge in [-0.3, -0.25) is 0 Å². The molecule has 0 radical (unpaired) electrons. The van der Waals surface area contributed by atoms with Gasteiger partial charge in [-0.25, -0.2) is 0 Å². The fraction of sp³-hybridized carbons (Fsp3) is 0.613. The maximum Gasteiger partial charge on any atom is 0.137 e. The van der Waals surface area contributed by atoms with Gasteiger partial charge in [-0.15, -0.1) is 0 Å². The van der Waals surface area contributed by atoms with Crippen LogP contribution >= 0.6 is 0 Å². The molecule has 14 rings (SSSR count). The minimum atomic E-state index is 0.179. The van der Waals surface area contributed by atoms with E-state index in [1.807, 2.05) is 22.3 Å². The molecule has 0 saturated heterocycles. The van der Waals surface area contributed by atoms with E-state index in [0.29, 0.717) is 35.3 Å². The summed E-state index contributed by atoms with van der Waals surface area (Å²) in [5, 5.41) is 1.45. The first-order chi connectivity index (χ1) is 31.8. The van der Waals surface area contributed by atoms with Gasteiger partial charge < -0.3 is 9.32 Å². The van der Waals surface area contributed by atoms with Crippen LogP contribution in [-0.2, 0) is 6.42 Å². The molecular weight excluding hydrogens is 775 g/mol. The van der Waals surface area contributed by atoms with Gasteiger partial charge in [0.05, 0.1) is 6.04 Å². The predicted molar refractivity (Wildman–Crippen MR) is 265 cm³/mol. The van der Waals surface area contributed by atoms with Crippen molar-refractivity contribution in [3.63, 3.8) is 0 Å². The molecule has 64 heavy (non-hydrogen) atoms. The Bertz CT molecular complexity index is 2440. The summed E-state index contributed by atoms with van der Waals surface area (Å²) in [6, 6.07) is 8.10. The lowest BCUT2D eigenvalue weighted by atomic mass is 9.54. The molecule has 1 spiro atoms. The fourth-order valence-electron chi connectivity index (χ4n) is 19.9. The first-order valence-electron chi connectivity index (χ1n) is 27.6. The normalized spacial score (nSPS) is 41.8. The zero-order valence-corrected chi connectivity index (χ0v) is 38.9. The number of hydrogen-bond acceptors (Lipinski definition) is 2. The third-order valence-corrected chi connectivity index (χ3v) is 21.5. The maximum absolute atomic E-state index is 6.87. The second-order valence-corrected chi connectivity index (χ2v) is 23.6. The Hall–Kier alpha value is -3.52. The number of fused-ring (bicyclic) bond motifs is 15. The van der Waals surface area contributed by atoms with Crippen molar-refractivity contribution in [2.75, 3.05) is 4.90 Å². The van der Waals surface area contributed by atoms with Gasteiger partial charge in [0.15, 0.2) is 0 Å². The summed E-state index contributed by atoms with van der Waals surface area (Å²) in [5.41, 5.74) is 12.2. The predicted octanol–water partition coefficient (Wildman–Crippen LogP) is 16.2. The smallest absolute Gasteiger partial charge is 0.137 e. The Labute approximate surface area is 385 Å². The van der Waals surface area contributed by atoms with Gasteiger partial charge in [0, 0.05) is 39.4 Å². The molecule has 2 aromatic rings. The largest absolute Gasteiger partial charge is 0.456 e. The third-order valence-electron chi connectivity index (χ3n) is 21.5. The highest BCUT2D eigenvalue weighted by Gasteiger charge is 2.69. The number of anilines is 1. The monoisotopic (exact) mass is 850 g/mol. The zero-order valence-electron chi connectivity index (χ0n) is 38.9. The number of hydrogen-bond donors (Lipinski definition) is 0. The molecule has 1 aromatic heterocycles. The number of aryl methyl sites for hydroxylation is 1. The topological polar surface area (TPSA) is 16.4 Å². The van der Waals surface area contributed by atoms with E-state index in [1.54, 1.807) is 0 Å². The van der Waals surface area contributed by atoms with Crippen LogP contribution in [0.2, 0.25) is 0 Å². The summed E-state index contributed by atoms with van der Waals surface area (Å²) >= 11 is 0. The molecule has 334 valence electrons. The summed E-state index contributed by atoms with van der Waals surface area (Å²) in [6.45, 7) is 0. The first kappa shape index (κ1) is 39.6.